The molecule has 0 amide bonds. The minimum absolute atomic E-state index is 0.187. The highest BCUT2D eigenvalue weighted by Gasteiger charge is 2.14. The number of hydrogen-bond acceptors (Lipinski definition) is 1. The second-order valence-electron chi connectivity index (χ2n) is 4.23. The Kier molecular flexibility index (Phi) is 2.95. The standard InChI is InChI=1S/C15H9BrFNO/c16-10-4-5-12-13(8-18-14(12)7-10)15(19)9-2-1-3-11(17)6-9/h1-8,18H. The van der Waals surface area contributed by atoms with Crippen LogP contribution in [-0.2, 0) is 0 Å². The van der Waals surface area contributed by atoms with Gasteiger partial charge in [0.05, 0.1) is 0 Å². The van der Waals surface area contributed by atoms with Crippen molar-refractivity contribution in [3.8, 4) is 0 Å². The number of hydrogen-bond donors (Lipinski definition) is 1. The number of aromatic amines is 1. The quantitative estimate of drug-likeness (QED) is 0.702. The SMILES string of the molecule is O=C(c1cccc(F)c1)c1c[nH]c2cc(Br)ccc12. The van der Waals surface area contributed by atoms with Crippen molar-refractivity contribution in [2.24, 2.45) is 0 Å². The van der Waals surface area contributed by atoms with Gasteiger partial charge in [-0.2, -0.15) is 0 Å². The van der Waals surface area contributed by atoms with E-state index < -0.39 is 5.82 Å². The minimum atomic E-state index is -0.409. The van der Waals surface area contributed by atoms with E-state index in [4.69, 9.17) is 0 Å². The van der Waals surface area contributed by atoms with E-state index in [1.54, 1.807) is 12.3 Å². The number of aromatic nitrogens is 1. The molecule has 0 aliphatic carbocycles. The summed E-state index contributed by atoms with van der Waals surface area (Å²) in [6, 6.07) is 11.4. The van der Waals surface area contributed by atoms with Crippen molar-refractivity contribution in [1.29, 1.82) is 0 Å². The highest BCUT2D eigenvalue weighted by Crippen LogP contribution is 2.24. The molecule has 0 spiro atoms. The molecule has 3 rings (SSSR count). The molecule has 1 aromatic heterocycles. The third kappa shape index (κ3) is 2.19. The maximum absolute atomic E-state index is 13.2. The van der Waals surface area contributed by atoms with Crippen LogP contribution in [0, 0.1) is 5.82 Å². The first-order valence-corrected chi connectivity index (χ1v) is 6.51. The van der Waals surface area contributed by atoms with Gasteiger partial charge in [0.25, 0.3) is 0 Å². The number of nitrogens with one attached hydrogen (secondary N) is 1. The van der Waals surface area contributed by atoms with E-state index in [0.717, 1.165) is 15.4 Å². The van der Waals surface area contributed by atoms with Crippen molar-refractivity contribution in [3.05, 3.63) is 70.1 Å². The summed E-state index contributed by atoms with van der Waals surface area (Å²) < 4.78 is 14.1. The Balaban J connectivity index is 2.12. The van der Waals surface area contributed by atoms with Crippen LogP contribution in [0.3, 0.4) is 0 Å². The molecule has 0 unspecified atom stereocenters. The summed E-state index contributed by atoms with van der Waals surface area (Å²) in [5, 5.41) is 0.831. The normalized spacial score (nSPS) is 10.8. The van der Waals surface area contributed by atoms with Gasteiger partial charge in [-0.1, -0.05) is 34.1 Å². The molecular weight excluding hydrogens is 309 g/mol. The summed E-state index contributed by atoms with van der Waals surface area (Å²) in [6.45, 7) is 0. The minimum Gasteiger partial charge on any atom is -0.360 e. The van der Waals surface area contributed by atoms with E-state index in [1.807, 2.05) is 18.2 Å². The molecule has 0 aliphatic rings. The number of halogens is 2. The molecule has 2 aromatic carbocycles. The molecule has 0 fully saturated rings. The zero-order valence-electron chi connectivity index (χ0n) is 9.78. The fourth-order valence-electron chi connectivity index (χ4n) is 2.07. The van der Waals surface area contributed by atoms with Crippen molar-refractivity contribution in [2.75, 3.05) is 0 Å². The van der Waals surface area contributed by atoms with Crippen LogP contribution in [-0.4, -0.2) is 10.8 Å². The van der Waals surface area contributed by atoms with Gasteiger partial charge in [0.2, 0.25) is 0 Å². The summed E-state index contributed by atoms with van der Waals surface area (Å²) in [5.74, 6) is -0.596. The first-order valence-electron chi connectivity index (χ1n) is 5.72. The zero-order chi connectivity index (χ0) is 13.4. The molecule has 0 bridgehead atoms. The van der Waals surface area contributed by atoms with Crippen LogP contribution >= 0.6 is 15.9 Å². The number of carbonyl (C=O) groups excluding carboxylic acids is 1. The molecule has 1 N–H and O–H groups in total. The highest BCUT2D eigenvalue weighted by atomic mass is 79.9. The molecule has 0 aliphatic heterocycles. The molecular formula is C15H9BrFNO. The second kappa shape index (κ2) is 4.63. The number of rotatable bonds is 2. The lowest BCUT2D eigenvalue weighted by Crippen LogP contribution is -2.00. The number of H-pyrrole nitrogens is 1. The Morgan fingerprint density at radius 1 is 1.16 bits per heavy atom. The summed E-state index contributed by atoms with van der Waals surface area (Å²) >= 11 is 3.38. The summed E-state index contributed by atoms with van der Waals surface area (Å²) in [6.07, 6.45) is 1.66. The highest BCUT2D eigenvalue weighted by molar-refractivity contribution is 9.10. The lowest BCUT2D eigenvalue weighted by Gasteiger charge is -2.00. The third-order valence-corrected chi connectivity index (χ3v) is 3.47. The molecule has 3 aromatic rings. The van der Waals surface area contributed by atoms with Crippen LogP contribution in [0.5, 0.6) is 0 Å². The van der Waals surface area contributed by atoms with Crippen LogP contribution in [0.2, 0.25) is 0 Å². The monoisotopic (exact) mass is 317 g/mol. The van der Waals surface area contributed by atoms with Gasteiger partial charge in [-0.05, 0) is 24.3 Å². The van der Waals surface area contributed by atoms with Gasteiger partial charge >= 0.3 is 0 Å². The first kappa shape index (κ1) is 12.1. The van der Waals surface area contributed by atoms with E-state index in [9.17, 15) is 9.18 Å². The van der Waals surface area contributed by atoms with Gasteiger partial charge in [0, 0.05) is 32.7 Å². The second-order valence-corrected chi connectivity index (χ2v) is 5.15. The largest absolute Gasteiger partial charge is 0.360 e. The van der Waals surface area contributed by atoms with Gasteiger partial charge in [0.15, 0.2) is 5.78 Å². The van der Waals surface area contributed by atoms with Gasteiger partial charge < -0.3 is 4.98 Å². The predicted molar refractivity (Wildman–Crippen MR) is 75.8 cm³/mol. The molecule has 1 heterocycles. The van der Waals surface area contributed by atoms with Gasteiger partial charge in [0.1, 0.15) is 5.82 Å². The Hall–Kier alpha value is -1.94. The Morgan fingerprint density at radius 2 is 2.00 bits per heavy atom. The number of carbonyl (C=O) groups is 1. The van der Waals surface area contributed by atoms with Crippen molar-refractivity contribution in [1.82, 2.24) is 4.98 Å². The van der Waals surface area contributed by atoms with Crippen LogP contribution in [0.25, 0.3) is 10.9 Å². The van der Waals surface area contributed by atoms with E-state index in [2.05, 4.69) is 20.9 Å². The fraction of sp³-hybridized carbons (Fsp3) is 0. The van der Waals surface area contributed by atoms with E-state index in [1.165, 1.54) is 18.2 Å². The third-order valence-electron chi connectivity index (χ3n) is 2.98. The zero-order valence-corrected chi connectivity index (χ0v) is 11.4. The smallest absolute Gasteiger partial charge is 0.195 e. The van der Waals surface area contributed by atoms with E-state index >= 15 is 0 Å². The lowest BCUT2D eigenvalue weighted by molar-refractivity contribution is 0.104. The van der Waals surface area contributed by atoms with Crippen LogP contribution < -0.4 is 0 Å². The molecule has 94 valence electrons. The van der Waals surface area contributed by atoms with Gasteiger partial charge in [-0.15, -0.1) is 0 Å². The average Bonchev–Trinajstić information content (AvgIpc) is 2.80. The lowest BCUT2D eigenvalue weighted by atomic mass is 10.0. The van der Waals surface area contributed by atoms with E-state index in [-0.39, 0.29) is 5.78 Å². The Bertz CT molecular complexity index is 779. The number of ketones is 1. The van der Waals surface area contributed by atoms with Crippen molar-refractivity contribution < 1.29 is 9.18 Å². The van der Waals surface area contributed by atoms with Crippen LogP contribution in [0.15, 0.2) is 53.1 Å². The molecule has 4 heteroatoms. The molecule has 0 saturated heterocycles. The molecule has 2 nitrogen and oxygen atoms in total. The van der Waals surface area contributed by atoms with Gasteiger partial charge in [-0.25, -0.2) is 4.39 Å². The fourth-order valence-corrected chi connectivity index (χ4v) is 2.43. The number of fused-ring (bicyclic) bond motifs is 1. The molecule has 0 radical (unpaired) electrons. The topological polar surface area (TPSA) is 32.9 Å². The summed E-state index contributed by atoms with van der Waals surface area (Å²) in [7, 11) is 0. The molecule has 19 heavy (non-hydrogen) atoms. The molecule has 0 atom stereocenters. The number of benzene rings is 2. The molecule has 0 saturated carbocycles. The van der Waals surface area contributed by atoms with Crippen molar-refractivity contribution in [2.45, 2.75) is 0 Å². The van der Waals surface area contributed by atoms with Gasteiger partial charge in [-0.3, -0.25) is 4.79 Å². The predicted octanol–water partition coefficient (Wildman–Crippen LogP) is 4.30. The first-order chi connectivity index (χ1) is 9.15. The van der Waals surface area contributed by atoms with Crippen LogP contribution in [0.4, 0.5) is 4.39 Å². The maximum Gasteiger partial charge on any atom is 0.195 e. The van der Waals surface area contributed by atoms with Crippen LogP contribution in [0.1, 0.15) is 15.9 Å². The average molecular weight is 318 g/mol. The Morgan fingerprint density at radius 3 is 2.79 bits per heavy atom. The van der Waals surface area contributed by atoms with Crippen molar-refractivity contribution >= 4 is 32.6 Å². The maximum atomic E-state index is 13.2. The van der Waals surface area contributed by atoms with E-state index in [0.29, 0.717) is 11.1 Å². The van der Waals surface area contributed by atoms with Crippen molar-refractivity contribution in [3.63, 3.8) is 0 Å². The summed E-state index contributed by atoms with van der Waals surface area (Å²) in [5.41, 5.74) is 1.77. The summed E-state index contributed by atoms with van der Waals surface area (Å²) in [4.78, 5) is 15.4. The Labute approximate surface area is 117 Å².